The van der Waals surface area contributed by atoms with Crippen LogP contribution in [0.1, 0.15) is 297 Å². The summed E-state index contributed by atoms with van der Waals surface area (Å²) >= 11 is 0. The number of allylic oxidation sites excluding steroid dienone is 12. The first-order valence-corrected chi connectivity index (χ1v) is 29.9. The summed E-state index contributed by atoms with van der Waals surface area (Å²) in [5.74, 6) is -0.902. The lowest BCUT2D eigenvalue weighted by Gasteiger charge is -2.18. The molecule has 0 aromatic rings. The van der Waals surface area contributed by atoms with Gasteiger partial charge in [0.05, 0.1) is 0 Å². The Hall–Kier alpha value is -3.15. The Morgan fingerprint density at radius 2 is 0.557 bits per heavy atom. The van der Waals surface area contributed by atoms with Gasteiger partial charge in [-0.25, -0.2) is 0 Å². The van der Waals surface area contributed by atoms with Crippen molar-refractivity contribution in [1.82, 2.24) is 0 Å². The van der Waals surface area contributed by atoms with Crippen LogP contribution in [0.5, 0.6) is 0 Å². The molecule has 0 aromatic carbocycles. The Labute approximate surface area is 433 Å². The van der Waals surface area contributed by atoms with E-state index in [-0.39, 0.29) is 31.1 Å². The van der Waals surface area contributed by atoms with Gasteiger partial charge in [-0.15, -0.1) is 0 Å². The van der Waals surface area contributed by atoms with Crippen molar-refractivity contribution >= 4 is 17.9 Å². The molecule has 0 rings (SSSR count). The minimum Gasteiger partial charge on any atom is -0.462 e. The number of hydrogen-bond acceptors (Lipinski definition) is 6. The molecule has 0 heterocycles. The smallest absolute Gasteiger partial charge is 0.306 e. The lowest BCUT2D eigenvalue weighted by Crippen LogP contribution is -2.30. The molecule has 0 N–H and O–H groups in total. The molecule has 0 spiro atoms. The monoisotopic (exact) mass is 977 g/mol. The molecule has 0 saturated heterocycles. The fourth-order valence-corrected chi connectivity index (χ4v) is 8.47. The van der Waals surface area contributed by atoms with E-state index in [1.807, 2.05) is 0 Å². The van der Waals surface area contributed by atoms with Crippen LogP contribution in [0, 0.1) is 0 Å². The maximum atomic E-state index is 12.9. The van der Waals surface area contributed by atoms with Crippen molar-refractivity contribution in [2.75, 3.05) is 13.2 Å². The molecule has 1 atom stereocenters. The van der Waals surface area contributed by atoms with Crippen LogP contribution >= 0.6 is 0 Å². The minimum atomic E-state index is -0.787. The third-order valence-corrected chi connectivity index (χ3v) is 12.9. The van der Waals surface area contributed by atoms with E-state index < -0.39 is 6.10 Å². The first kappa shape index (κ1) is 66.9. The molecule has 1 unspecified atom stereocenters. The Morgan fingerprint density at radius 1 is 0.300 bits per heavy atom. The van der Waals surface area contributed by atoms with Gasteiger partial charge in [0.15, 0.2) is 6.10 Å². The average Bonchev–Trinajstić information content (AvgIpc) is 3.36. The highest BCUT2D eigenvalue weighted by atomic mass is 16.6. The fourth-order valence-electron chi connectivity index (χ4n) is 8.47. The van der Waals surface area contributed by atoms with Gasteiger partial charge in [0.25, 0.3) is 0 Å². The summed E-state index contributed by atoms with van der Waals surface area (Å²) in [6, 6.07) is 0. The van der Waals surface area contributed by atoms with E-state index in [4.69, 9.17) is 14.2 Å². The number of ether oxygens (including phenoxy) is 3. The van der Waals surface area contributed by atoms with Crippen LogP contribution in [0.3, 0.4) is 0 Å². The fraction of sp³-hybridized carbons (Fsp3) is 0.766. The second kappa shape index (κ2) is 58.4. The highest BCUT2D eigenvalue weighted by molar-refractivity contribution is 5.71. The molecule has 0 aliphatic carbocycles. The van der Waals surface area contributed by atoms with E-state index in [1.54, 1.807) is 0 Å². The lowest BCUT2D eigenvalue weighted by molar-refractivity contribution is -0.167. The Morgan fingerprint density at radius 3 is 0.871 bits per heavy atom. The molecule has 404 valence electrons. The third kappa shape index (κ3) is 55.8. The van der Waals surface area contributed by atoms with E-state index in [1.165, 1.54) is 141 Å². The summed E-state index contributed by atoms with van der Waals surface area (Å²) in [5.41, 5.74) is 0. The van der Waals surface area contributed by atoms with E-state index in [9.17, 15) is 14.4 Å². The van der Waals surface area contributed by atoms with Crippen molar-refractivity contribution < 1.29 is 28.6 Å². The summed E-state index contributed by atoms with van der Waals surface area (Å²) in [6.45, 7) is 6.52. The van der Waals surface area contributed by atoms with Crippen molar-refractivity contribution in [3.8, 4) is 0 Å². The molecule has 0 bridgehead atoms. The molecule has 70 heavy (non-hydrogen) atoms. The third-order valence-electron chi connectivity index (χ3n) is 12.9. The molecule has 6 nitrogen and oxygen atoms in total. The summed E-state index contributed by atoms with van der Waals surface area (Å²) in [5, 5.41) is 0. The predicted octanol–water partition coefficient (Wildman–Crippen LogP) is 20.2. The van der Waals surface area contributed by atoms with Gasteiger partial charge in [-0.05, 0) is 89.9 Å². The molecular formula is C64H112O6. The molecule has 0 fully saturated rings. The van der Waals surface area contributed by atoms with Crippen LogP contribution in [0.15, 0.2) is 72.9 Å². The van der Waals surface area contributed by atoms with Crippen LogP contribution in [-0.4, -0.2) is 37.2 Å². The number of carbonyl (C=O) groups excluding carboxylic acids is 3. The number of unbranched alkanes of at least 4 members (excludes halogenated alkanes) is 31. The summed E-state index contributed by atoms with van der Waals surface area (Å²) in [4.78, 5) is 38.2. The van der Waals surface area contributed by atoms with Crippen LogP contribution in [0.2, 0.25) is 0 Å². The number of carbonyl (C=O) groups is 3. The summed E-state index contributed by atoms with van der Waals surface area (Å²) < 4.78 is 16.9. The maximum Gasteiger partial charge on any atom is 0.306 e. The zero-order chi connectivity index (χ0) is 50.7. The van der Waals surface area contributed by atoms with Crippen LogP contribution in [-0.2, 0) is 28.6 Å². The van der Waals surface area contributed by atoms with Gasteiger partial charge in [-0.2, -0.15) is 0 Å². The number of rotatable bonds is 54. The van der Waals surface area contributed by atoms with Crippen LogP contribution in [0.4, 0.5) is 0 Å². The van der Waals surface area contributed by atoms with Gasteiger partial charge in [-0.1, -0.05) is 261 Å². The zero-order valence-electron chi connectivity index (χ0n) is 46.3. The van der Waals surface area contributed by atoms with Crippen molar-refractivity contribution in [3.63, 3.8) is 0 Å². The topological polar surface area (TPSA) is 78.9 Å². The van der Waals surface area contributed by atoms with Crippen LogP contribution in [0.25, 0.3) is 0 Å². The van der Waals surface area contributed by atoms with Crippen LogP contribution < -0.4 is 0 Å². The second-order valence-electron chi connectivity index (χ2n) is 19.9. The van der Waals surface area contributed by atoms with Gasteiger partial charge < -0.3 is 14.2 Å². The van der Waals surface area contributed by atoms with E-state index in [2.05, 4.69) is 93.7 Å². The number of hydrogen-bond donors (Lipinski definition) is 0. The Balaban J connectivity index is 4.39. The Kier molecular flexibility index (Phi) is 55.8. The molecular weight excluding hydrogens is 865 g/mol. The number of esters is 3. The van der Waals surface area contributed by atoms with Crippen molar-refractivity contribution in [2.24, 2.45) is 0 Å². The molecule has 0 radical (unpaired) electrons. The summed E-state index contributed by atoms with van der Waals surface area (Å²) in [6.07, 6.45) is 74.6. The molecule has 0 aliphatic rings. The first-order valence-electron chi connectivity index (χ1n) is 29.9. The molecule has 0 aromatic heterocycles. The summed E-state index contributed by atoms with van der Waals surface area (Å²) in [7, 11) is 0. The molecule has 6 heteroatoms. The quantitative estimate of drug-likeness (QED) is 0.0261. The highest BCUT2D eigenvalue weighted by Gasteiger charge is 2.19. The predicted molar refractivity (Wildman–Crippen MR) is 302 cm³/mol. The van der Waals surface area contributed by atoms with E-state index in [0.717, 1.165) is 116 Å². The maximum absolute atomic E-state index is 12.9. The standard InChI is InChI=1S/C64H112O6/c1-4-7-10-13-16-19-22-25-28-30-31-32-33-34-37-39-42-45-48-51-54-57-63(66)69-60-61(59-68-62(65)56-53-50-47-44-41-38-35-27-24-21-18-15-12-9-6-3)70-64(67)58-55-52-49-46-43-40-36-29-26-23-20-17-14-11-8-5-2/h9,12,18,21-22,25,27,30-31,33-35,61H,4-8,10-11,13-17,19-20,23-24,26,28-29,32,36-60H2,1-3H3/b12-9-,21-18-,25-22-,31-30-,34-33-,35-27-. The lowest BCUT2D eigenvalue weighted by atomic mass is 10.0. The van der Waals surface area contributed by atoms with Gasteiger partial charge in [0, 0.05) is 19.3 Å². The van der Waals surface area contributed by atoms with E-state index in [0.29, 0.717) is 19.3 Å². The largest absolute Gasteiger partial charge is 0.462 e. The second-order valence-corrected chi connectivity index (χ2v) is 19.9. The zero-order valence-corrected chi connectivity index (χ0v) is 46.3. The molecule has 0 amide bonds. The normalized spacial score (nSPS) is 12.6. The van der Waals surface area contributed by atoms with Gasteiger partial charge in [0.1, 0.15) is 13.2 Å². The molecule has 0 saturated carbocycles. The van der Waals surface area contributed by atoms with Crippen molar-refractivity contribution in [3.05, 3.63) is 72.9 Å². The van der Waals surface area contributed by atoms with E-state index >= 15 is 0 Å². The van der Waals surface area contributed by atoms with Gasteiger partial charge in [-0.3, -0.25) is 14.4 Å². The van der Waals surface area contributed by atoms with Crippen molar-refractivity contribution in [1.29, 1.82) is 0 Å². The highest BCUT2D eigenvalue weighted by Crippen LogP contribution is 2.16. The van der Waals surface area contributed by atoms with Crippen molar-refractivity contribution in [2.45, 2.75) is 303 Å². The Bertz CT molecular complexity index is 1310. The van der Waals surface area contributed by atoms with Gasteiger partial charge in [0.2, 0.25) is 0 Å². The molecule has 0 aliphatic heterocycles. The average molecular weight is 978 g/mol. The SMILES string of the molecule is CC/C=C\C/C=C\C/C=C\CCCCCCCC(=O)OCC(COC(=O)CCCCCCCC/C=C\C/C=C\C/C=C\CCCCCCC)OC(=O)CCCCCCCCCCCCCCCCCC. The minimum absolute atomic E-state index is 0.0859. The van der Waals surface area contributed by atoms with Gasteiger partial charge >= 0.3 is 17.9 Å². The first-order chi connectivity index (χ1) is 34.5.